The zero-order chi connectivity index (χ0) is 8.69. The van der Waals surface area contributed by atoms with Crippen LogP contribution in [0.25, 0.3) is 0 Å². The molecule has 0 aromatic heterocycles. The first kappa shape index (κ1) is 11.3. The molecule has 0 N–H and O–H groups in total. The SMILES string of the molecule is CCCCC(CCl)SC(C)=O. The highest BCUT2D eigenvalue weighted by Crippen LogP contribution is 2.19. The smallest absolute Gasteiger partial charge is 0.186 e. The standard InChI is InChI=1S/C8H15ClOS/c1-3-4-5-8(6-9)11-7(2)10/h8H,3-6H2,1-2H3. The van der Waals surface area contributed by atoms with Gasteiger partial charge in [0.25, 0.3) is 0 Å². The summed E-state index contributed by atoms with van der Waals surface area (Å²) in [5, 5.41) is 0.501. The van der Waals surface area contributed by atoms with E-state index in [2.05, 4.69) is 6.92 Å². The third-order valence-corrected chi connectivity index (χ3v) is 3.01. The van der Waals surface area contributed by atoms with Gasteiger partial charge in [0.15, 0.2) is 5.12 Å². The van der Waals surface area contributed by atoms with Crippen LogP contribution in [0.4, 0.5) is 0 Å². The topological polar surface area (TPSA) is 17.1 Å². The van der Waals surface area contributed by atoms with Crippen LogP contribution in [0.15, 0.2) is 0 Å². The van der Waals surface area contributed by atoms with Gasteiger partial charge in [0.2, 0.25) is 0 Å². The van der Waals surface area contributed by atoms with E-state index in [1.807, 2.05) is 0 Å². The summed E-state index contributed by atoms with van der Waals surface area (Å²) in [4.78, 5) is 10.7. The number of hydrogen-bond donors (Lipinski definition) is 0. The highest BCUT2D eigenvalue weighted by Gasteiger charge is 2.09. The van der Waals surface area contributed by atoms with Crippen LogP contribution >= 0.6 is 23.4 Å². The lowest BCUT2D eigenvalue weighted by Gasteiger charge is -2.09. The number of alkyl halides is 1. The Labute approximate surface area is 77.9 Å². The van der Waals surface area contributed by atoms with Crippen molar-refractivity contribution in [2.24, 2.45) is 0 Å². The molecule has 0 aliphatic heterocycles. The van der Waals surface area contributed by atoms with Gasteiger partial charge in [-0.05, 0) is 6.42 Å². The molecule has 11 heavy (non-hydrogen) atoms. The number of carbonyl (C=O) groups is 1. The normalized spacial score (nSPS) is 13.0. The Kier molecular flexibility index (Phi) is 7.18. The summed E-state index contributed by atoms with van der Waals surface area (Å²) in [6.07, 6.45) is 3.40. The third kappa shape index (κ3) is 6.70. The van der Waals surface area contributed by atoms with E-state index in [-0.39, 0.29) is 5.12 Å². The minimum Gasteiger partial charge on any atom is -0.288 e. The van der Waals surface area contributed by atoms with Gasteiger partial charge in [-0.2, -0.15) is 0 Å². The van der Waals surface area contributed by atoms with E-state index in [4.69, 9.17) is 11.6 Å². The Hall–Kier alpha value is 0.310. The van der Waals surface area contributed by atoms with Gasteiger partial charge in [-0.25, -0.2) is 0 Å². The summed E-state index contributed by atoms with van der Waals surface area (Å²) in [6, 6.07) is 0. The van der Waals surface area contributed by atoms with E-state index in [0.29, 0.717) is 11.1 Å². The highest BCUT2D eigenvalue weighted by atomic mass is 35.5. The molecule has 0 bridgehead atoms. The monoisotopic (exact) mass is 194 g/mol. The number of thioether (sulfide) groups is 1. The van der Waals surface area contributed by atoms with E-state index in [0.717, 1.165) is 12.8 Å². The van der Waals surface area contributed by atoms with E-state index >= 15 is 0 Å². The summed E-state index contributed by atoms with van der Waals surface area (Å²) in [5.41, 5.74) is 0. The molecule has 0 aliphatic carbocycles. The summed E-state index contributed by atoms with van der Waals surface area (Å²) < 4.78 is 0. The number of hydrogen-bond acceptors (Lipinski definition) is 2. The summed E-state index contributed by atoms with van der Waals surface area (Å²) in [5.74, 6) is 0.588. The van der Waals surface area contributed by atoms with Gasteiger partial charge in [0, 0.05) is 18.1 Å². The lowest BCUT2D eigenvalue weighted by atomic mass is 10.2. The zero-order valence-corrected chi connectivity index (χ0v) is 8.67. The molecule has 0 radical (unpaired) electrons. The molecular weight excluding hydrogens is 180 g/mol. The fraction of sp³-hybridized carbons (Fsp3) is 0.875. The van der Waals surface area contributed by atoms with E-state index in [1.165, 1.54) is 18.2 Å². The van der Waals surface area contributed by atoms with E-state index in [9.17, 15) is 4.79 Å². The maximum absolute atomic E-state index is 10.7. The van der Waals surface area contributed by atoms with E-state index in [1.54, 1.807) is 6.92 Å². The van der Waals surface area contributed by atoms with Gasteiger partial charge in [-0.3, -0.25) is 4.79 Å². The summed E-state index contributed by atoms with van der Waals surface area (Å²) in [7, 11) is 0. The van der Waals surface area contributed by atoms with Crippen LogP contribution in [-0.4, -0.2) is 16.2 Å². The Morgan fingerprint density at radius 1 is 1.64 bits per heavy atom. The molecule has 0 heterocycles. The number of unbranched alkanes of at least 4 members (excludes halogenated alkanes) is 1. The van der Waals surface area contributed by atoms with Crippen molar-refractivity contribution < 1.29 is 4.79 Å². The Balaban J connectivity index is 3.49. The molecule has 1 atom stereocenters. The van der Waals surface area contributed by atoms with Gasteiger partial charge in [0.05, 0.1) is 0 Å². The van der Waals surface area contributed by atoms with Gasteiger partial charge in [-0.1, -0.05) is 31.5 Å². The second-order valence-corrected chi connectivity index (χ2v) is 4.31. The summed E-state index contributed by atoms with van der Waals surface area (Å²) in [6.45, 7) is 3.74. The Morgan fingerprint density at radius 3 is 2.64 bits per heavy atom. The van der Waals surface area contributed by atoms with Crippen molar-refractivity contribution in [1.29, 1.82) is 0 Å². The molecule has 3 heteroatoms. The van der Waals surface area contributed by atoms with Gasteiger partial charge < -0.3 is 0 Å². The molecule has 1 nitrogen and oxygen atoms in total. The van der Waals surface area contributed by atoms with Gasteiger partial charge in [0.1, 0.15) is 0 Å². The maximum Gasteiger partial charge on any atom is 0.186 e. The van der Waals surface area contributed by atoms with Crippen LogP contribution in [-0.2, 0) is 4.79 Å². The maximum atomic E-state index is 10.7. The largest absolute Gasteiger partial charge is 0.288 e. The molecule has 66 valence electrons. The predicted octanol–water partition coefficient (Wildman–Crippen LogP) is 3.06. The van der Waals surface area contributed by atoms with Gasteiger partial charge >= 0.3 is 0 Å². The average Bonchev–Trinajstić information content (AvgIpc) is 1.97. The minimum atomic E-state index is 0.173. The second-order valence-electron chi connectivity index (χ2n) is 2.53. The predicted molar refractivity (Wildman–Crippen MR) is 52.3 cm³/mol. The quantitative estimate of drug-likeness (QED) is 0.626. The zero-order valence-electron chi connectivity index (χ0n) is 7.10. The Morgan fingerprint density at radius 2 is 2.27 bits per heavy atom. The van der Waals surface area contributed by atoms with Crippen molar-refractivity contribution in [3.05, 3.63) is 0 Å². The first-order valence-corrected chi connectivity index (χ1v) is 5.35. The molecule has 0 saturated heterocycles. The fourth-order valence-electron chi connectivity index (χ4n) is 0.834. The van der Waals surface area contributed by atoms with Crippen LogP contribution in [0.1, 0.15) is 33.1 Å². The molecule has 0 amide bonds. The average molecular weight is 195 g/mol. The highest BCUT2D eigenvalue weighted by molar-refractivity contribution is 8.14. The number of carbonyl (C=O) groups excluding carboxylic acids is 1. The van der Waals surface area contributed by atoms with Crippen LogP contribution in [0.5, 0.6) is 0 Å². The molecule has 0 spiro atoms. The molecular formula is C8H15ClOS. The molecule has 0 aliphatic rings. The number of halogens is 1. The molecule has 0 fully saturated rings. The van der Waals surface area contributed by atoms with Crippen molar-refractivity contribution in [3.63, 3.8) is 0 Å². The molecule has 0 rings (SSSR count). The lowest BCUT2D eigenvalue weighted by Crippen LogP contribution is -2.06. The van der Waals surface area contributed by atoms with Crippen LogP contribution in [0.3, 0.4) is 0 Å². The minimum absolute atomic E-state index is 0.173. The lowest BCUT2D eigenvalue weighted by molar-refractivity contribution is -0.109. The molecule has 1 unspecified atom stereocenters. The third-order valence-electron chi connectivity index (χ3n) is 1.38. The van der Waals surface area contributed by atoms with Crippen molar-refractivity contribution in [3.8, 4) is 0 Å². The second kappa shape index (κ2) is 6.99. The summed E-state index contributed by atoms with van der Waals surface area (Å²) >= 11 is 7.04. The first-order valence-electron chi connectivity index (χ1n) is 3.93. The van der Waals surface area contributed by atoms with Crippen molar-refractivity contribution in [1.82, 2.24) is 0 Å². The van der Waals surface area contributed by atoms with Crippen LogP contribution in [0.2, 0.25) is 0 Å². The molecule has 0 aromatic carbocycles. The van der Waals surface area contributed by atoms with E-state index < -0.39 is 0 Å². The van der Waals surface area contributed by atoms with Gasteiger partial charge in [-0.15, -0.1) is 11.6 Å². The van der Waals surface area contributed by atoms with Crippen molar-refractivity contribution in [2.45, 2.75) is 38.4 Å². The van der Waals surface area contributed by atoms with Crippen LogP contribution in [0, 0.1) is 0 Å². The fourth-order valence-corrected chi connectivity index (χ4v) is 1.99. The molecule has 0 aromatic rings. The number of rotatable bonds is 5. The van der Waals surface area contributed by atoms with Crippen LogP contribution < -0.4 is 0 Å². The van der Waals surface area contributed by atoms with Crippen molar-refractivity contribution in [2.75, 3.05) is 5.88 Å². The Bertz CT molecular complexity index is 117. The first-order chi connectivity index (χ1) is 5.20. The molecule has 0 saturated carbocycles. The van der Waals surface area contributed by atoms with Crippen molar-refractivity contribution >= 4 is 28.5 Å².